The summed E-state index contributed by atoms with van der Waals surface area (Å²) in [6.07, 6.45) is 5.49. The molecule has 0 aromatic heterocycles. The van der Waals surface area contributed by atoms with Gasteiger partial charge >= 0.3 is 0 Å². The van der Waals surface area contributed by atoms with Crippen LogP contribution in [-0.4, -0.2) is 29.8 Å². The fraction of sp³-hybridized carbons (Fsp3) is 0.214. The van der Waals surface area contributed by atoms with E-state index in [2.05, 4.69) is 27.7 Å². The molecule has 0 saturated carbocycles. The molecular weight excluding hydrogens is 429 g/mol. The van der Waals surface area contributed by atoms with E-state index in [0.717, 1.165) is 36.4 Å². The van der Waals surface area contributed by atoms with Gasteiger partial charge in [0.05, 0.1) is 5.57 Å². The van der Waals surface area contributed by atoms with E-state index in [0.29, 0.717) is 16.7 Å². The van der Waals surface area contributed by atoms with Gasteiger partial charge in [-0.15, -0.1) is 0 Å². The molecule has 0 radical (unpaired) electrons. The van der Waals surface area contributed by atoms with E-state index in [4.69, 9.17) is 0 Å². The molecule has 0 bridgehead atoms. The molecule has 1 saturated heterocycles. The Morgan fingerprint density at radius 2 is 1.53 bits per heavy atom. The number of hydrogen-bond acceptors (Lipinski definition) is 4. The summed E-state index contributed by atoms with van der Waals surface area (Å²) in [6, 6.07) is 19.6. The molecule has 5 rings (SSSR count). The van der Waals surface area contributed by atoms with E-state index in [1.807, 2.05) is 12.1 Å². The van der Waals surface area contributed by atoms with Crippen molar-refractivity contribution in [1.82, 2.24) is 10.2 Å². The van der Waals surface area contributed by atoms with Crippen LogP contribution in [-0.2, 0) is 11.3 Å². The van der Waals surface area contributed by atoms with Crippen molar-refractivity contribution in [3.63, 3.8) is 0 Å². The summed E-state index contributed by atoms with van der Waals surface area (Å²) >= 11 is 0. The van der Waals surface area contributed by atoms with E-state index >= 15 is 0 Å². The molecule has 2 aliphatic heterocycles. The molecule has 2 N–H and O–H groups in total. The minimum Gasteiger partial charge on any atom is -0.361 e. The van der Waals surface area contributed by atoms with Gasteiger partial charge in [-0.25, -0.2) is 4.39 Å². The highest BCUT2D eigenvalue weighted by Gasteiger charge is 2.27. The number of piperidine rings is 1. The molecule has 3 aromatic rings. The van der Waals surface area contributed by atoms with Crippen LogP contribution in [0.2, 0.25) is 0 Å². The fourth-order valence-corrected chi connectivity index (χ4v) is 4.53. The van der Waals surface area contributed by atoms with E-state index < -0.39 is 11.8 Å². The molecule has 2 aliphatic rings. The lowest BCUT2D eigenvalue weighted by Crippen LogP contribution is -2.36. The summed E-state index contributed by atoms with van der Waals surface area (Å²) in [4.78, 5) is 27.5. The number of imide groups is 1. The molecule has 5 nitrogen and oxygen atoms in total. The lowest BCUT2D eigenvalue weighted by atomic mass is 9.91. The second kappa shape index (κ2) is 9.61. The van der Waals surface area contributed by atoms with Crippen molar-refractivity contribution in [2.75, 3.05) is 18.4 Å². The van der Waals surface area contributed by atoms with E-state index in [1.54, 1.807) is 36.5 Å². The second-order valence-corrected chi connectivity index (χ2v) is 8.79. The topological polar surface area (TPSA) is 61.4 Å². The monoisotopic (exact) mass is 455 g/mol. The Hall–Kier alpha value is -3.77. The number of anilines is 1. The third-order valence-electron chi connectivity index (χ3n) is 6.40. The largest absolute Gasteiger partial charge is 0.361 e. The molecule has 0 atom stereocenters. The highest BCUT2D eigenvalue weighted by molar-refractivity contribution is 6.31. The van der Waals surface area contributed by atoms with Gasteiger partial charge in [0.2, 0.25) is 0 Å². The summed E-state index contributed by atoms with van der Waals surface area (Å²) in [5.74, 6) is -1.20. The van der Waals surface area contributed by atoms with Crippen molar-refractivity contribution in [3.05, 3.63) is 95.4 Å². The molecule has 2 heterocycles. The first-order valence-corrected chi connectivity index (χ1v) is 11.6. The number of fused-ring (bicyclic) bond motifs is 1. The van der Waals surface area contributed by atoms with Crippen LogP contribution >= 0.6 is 0 Å². The van der Waals surface area contributed by atoms with Crippen molar-refractivity contribution in [1.29, 1.82) is 0 Å². The Balaban J connectivity index is 1.38. The number of benzene rings is 3. The smallest absolute Gasteiger partial charge is 0.260 e. The maximum absolute atomic E-state index is 13.3. The first-order chi connectivity index (χ1) is 16.6. The molecule has 34 heavy (non-hydrogen) atoms. The Labute approximate surface area is 198 Å². The molecule has 0 aliphatic carbocycles. The second-order valence-electron chi connectivity index (χ2n) is 8.79. The average molecular weight is 456 g/mol. The van der Waals surface area contributed by atoms with Gasteiger partial charge in [-0.05, 0) is 79.0 Å². The quantitative estimate of drug-likeness (QED) is 0.410. The number of hydrogen-bond donors (Lipinski definition) is 2. The van der Waals surface area contributed by atoms with Gasteiger partial charge in [0, 0.05) is 29.6 Å². The number of nitrogens with zero attached hydrogens (tertiary/aromatic N) is 1. The van der Waals surface area contributed by atoms with Crippen molar-refractivity contribution >= 4 is 23.1 Å². The highest BCUT2D eigenvalue weighted by Crippen LogP contribution is 2.30. The number of likely N-dealkylation sites (tertiary alicyclic amines) is 1. The summed E-state index contributed by atoms with van der Waals surface area (Å²) in [5, 5.41) is 5.60. The number of rotatable bonds is 5. The summed E-state index contributed by atoms with van der Waals surface area (Å²) in [7, 11) is 0. The average Bonchev–Trinajstić information content (AvgIpc) is 2.86. The van der Waals surface area contributed by atoms with Gasteiger partial charge in [-0.3, -0.25) is 19.8 Å². The van der Waals surface area contributed by atoms with Crippen LogP contribution in [0, 0.1) is 5.82 Å². The molecule has 6 heteroatoms. The minimum atomic E-state index is -0.456. The number of carbonyl (C=O) groups is 2. The maximum Gasteiger partial charge on any atom is 0.260 e. The predicted octanol–water partition coefficient (Wildman–Crippen LogP) is 5.20. The van der Waals surface area contributed by atoms with Crippen LogP contribution < -0.4 is 10.6 Å². The van der Waals surface area contributed by atoms with E-state index in [9.17, 15) is 14.0 Å². The zero-order valence-corrected chi connectivity index (χ0v) is 18.8. The van der Waals surface area contributed by atoms with Gasteiger partial charge in [0.1, 0.15) is 5.82 Å². The summed E-state index contributed by atoms with van der Waals surface area (Å²) in [5.41, 5.74) is 5.07. The predicted molar refractivity (Wildman–Crippen MR) is 131 cm³/mol. The van der Waals surface area contributed by atoms with Crippen molar-refractivity contribution in [2.24, 2.45) is 0 Å². The number of nitrogens with one attached hydrogen (secondary N) is 2. The SMILES string of the molecule is O=C1NC(=O)c2ccc(-c3ccc(F)cc3)cc2/C1=C/Nc1ccc(CN2CCCCC2)cc1. The van der Waals surface area contributed by atoms with Gasteiger partial charge in [0.15, 0.2) is 0 Å². The van der Waals surface area contributed by atoms with Gasteiger partial charge in [-0.1, -0.05) is 36.8 Å². The summed E-state index contributed by atoms with van der Waals surface area (Å²) in [6.45, 7) is 3.25. The number of halogens is 1. The highest BCUT2D eigenvalue weighted by atomic mass is 19.1. The molecule has 0 unspecified atom stereocenters. The third-order valence-corrected chi connectivity index (χ3v) is 6.40. The lowest BCUT2D eigenvalue weighted by molar-refractivity contribution is -0.114. The molecule has 3 aromatic carbocycles. The van der Waals surface area contributed by atoms with E-state index in [1.165, 1.54) is 37.0 Å². The van der Waals surface area contributed by atoms with Crippen LogP contribution in [0.1, 0.15) is 40.7 Å². The zero-order chi connectivity index (χ0) is 23.5. The summed E-state index contributed by atoms with van der Waals surface area (Å²) < 4.78 is 13.3. The minimum absolute atomic E-state index is 0.317. The van der Waals surface area contributed by atoms with Crippen molar-refractivity contribution in [3.8, 4) is 11.1 Å². The van der Waals surface area contributed by atoms with E-state index in [-0.39, 0.29) is 5.82 Å². The van der Waals surface area contributed by atoms with Gasteiger partial charge in [0.25, 0.3) is 11.8 Å². The van der Waals surface area contributed by atoms with Crippen LogP contribution in [0.25, 0.3) is 16.7 Å². The molecule has 172 valence electrons. The standard InChI is InChI=1S/C28H26FN3O2/c29-22-9-6-20(7-10-22)21-8-13-24-25(16-21)26(28(34)31-27(24)33)17-30-23-11-4-19(5-12-23)18-32-14-2-1-3-15-32/h4-13,16-17,30H,1-3,14-15,18H2,(H,31,33,34)/b26-17-. The normalized spacial score (nSPS) is 17.4. The zero-order valence-electron chi connectivity index (χ0n) is 18.8. The molecule has 0 spiro atoms. The molecule has 2 amide bonds. The van der Waals surface area contributed by atoms with Crippen molar-refractivity contribution in [2.45, 2.75) is 25.8 Å². The van der Waals surface area contributed by atoms with Crippen LogP contribution in [0.15, 0.2) is 72.9 Å². The lowest BCUT2D eigenvalue weighted by Gasteiger charge is -2.26. The molecule has 1 fully saturated rings. The Kier molecular flexibility index (Phi) is 6.23. The van der Waals surface area contributed by atoms with Crippen LogP contribution in [0.3, 0.4) is 0 Å². The first-order valence-electron chi connectivity index (χ1n) is 11.6. The van der Waals surface area contributed by atoms with Gasteiger partial charge < -0.3 is 5.32 Å². The maximum atomic E-state index is 13.3. The Bertz CT molecular complexity index is 1240. The number of amides is 2. The first kappa shape index (κ1) is 22.0. The van der Waals surface area contributed by atoms with Gasteiger partial charge in [-0.2, -0.15) is 0 Å². The Morgan fingerprint density at radius 3 is 2.26 bits per heavy atom. The van der Waals surface area contributed by atoms with Crippen LogP contribution in [0.5, 0.6) is 0 Å². The third kappa shape index (κ3) is 4.77. The molecular formula is C28H26FN3O2. The number of carbonyl (C=O) groups excluding carboxylic acids is 2. The Morgan fingerprint density at radius 1 is 0.824 bits per heavy atom. The van der Waals surface area contributed by atoms with Crippen molar-refractivity contribution < 1.29 is 14.0 Å². The van der Waals surface area contributed by atoms with Crippen LogP contribution in [0.4, 0.5) is 10.1 Å². The fourth-order valence-electron chi connectivity index (χ4n) is 4.53.